The lowest BCUT2D eigenvalue weighted by Crippen LogP contribution is -2.55. The van der Waals surface area contributed by atoms with Crippen LogP contribution in [0.25, 0.3) is 0 Å². The summed E-state index contributed by atoms with van der Waals surface area (Å²) in [5, 5.41) is 14.2. The number of rotatable bonds is 12. The number of carboxylic acids is 1. The van der Waals surface area contributed by atoms with E-state index in [1.54, 1.807) is 0 Å². The predicted octanol–water partition coefficient (Wildman–Crippen LogP) is 0.575. The van der Waals surface area contributed by atoms with Crippen molar-refractivity contribution in [2.75, 3.05) is 13.2 Å². The zero-order valence-electron chi connectivity index (χ0n) is 18.1. The van der Waals surface area contributed by atoms with Crippen LogP contribution >= 0.6 is 0 Å². The van der Waals surface area contributed by atoms with Crippen LogP contribution < -0.4 is 10.6 Å². The van der Waals surface area contributed by atoms with Gasteiger partial charge in [0, 0.05) is 13.3 Å². The van der Waals surface area contributed by atoms with Gasteiger partial charge in [0.15, 0.2) is 0 Å². The minimum Gasteiger partial charge on any atom is -0.480 e. The smallest absolute Gasteiger partial charge is 0.327 e. The van der Waals surface area contributed by atoms with Gasteiger partial charge < -0.3 is 25.2 Å². The SMILES string of the molecule is CCOC(=O)C[C@H](C(=O)OCC)[C@@H](NC(=O)[C@@H](Cc1cccc(F)c1)NC(C)=O)C(=O)O. The van der Waals surface area contributed by atoms with Crippen molar-refractivity contribution in [1.29, 1.82) is 0 Å². The molecule has 0 aromatic heterocycles. The number of carboxylic acid groups (broad SMARTS) is 1. The van der Waals surface area contributed by atoms with E-state index in [4.69, 9.17) is 9.47 Å². The largest absolute Gasteiger partial charge is 0.480 e. The van der Waals surface area contributed by atoms with Gasteiger partial charge in [0.1, 0.15) is 17.9 Å². The maximum absolute atomic E-state index is 13.5. The van der Waals surface area contributed by atoms with Gasteiger partial charge in [-0.3, -0.25) is 19.2 Å². The molecule has 0 aliphatic rings. The number of nitrogens with one attached hydrogen (secondary N) is 2. The highest BCUT2D eigenvalue weighted by Crippen LogP contribution is 2.15. The van der Waals surface area contributed by atoms with Crippen LogP contribution in [0.4, 0.5) is 4.39 Å². The lowest BCUT2D eigenvalue weighted by atomic mass is 9.95. The summed E-state index contributed by atoms with van der Waals surface area (Å²) in [5.74, 6) is -7.07. The quantitative estimate of drug-likeness (QED) is 0.388. The average molecular weight is 454 g/mol. The monoisotopic (exact) mass is 454 g/mol. The molecule has 10 nitrogen and oxygen atoms in total. The molecular formula is C21H27FN2O8. The molecule has 1 rings (SSSR count). The first-order chi connectivity index (χ1) is 15.1. The molecule has 11 heteroatoms. The second kappa shape index (κ2) is 13.0. The van der Waals surface area contributed by atoms with Gasteiger partial charge in [-0.15, -0.1) is 0 Å². The molecule has 0 fully saturated rings. The van der Waals surface area contributed by atoms with Crippen molar-refractivity contribution in [2.24, 2.45) is 5.92 Å². The molecule has 0 aliphatic carbocycles. The molecule has 3 atom stereocenters. The van der Waals surface area contributed by atoms with Crippen molar-refractivity contribution in [1.82, 2.24) is 10.6 Å². The topological polar surface area (TPSA) is 148 Å². The van der Waals surface area contributed by atoms with Gasteiger partial charge in [0.05, 0.1) is 25.6 Å². The number of carbonyl (C=O) groups excluding carboxylic acids is 4. The molecule has 0 radical (unpaired) electrons. The fraction of sp³-hybridized carbons (Fsp3) is 0.476. The van der Waals surface area contributed by atoms with Crippen molar-refractivity contribution in [3.63, 3.8) is 0 Å². The summed E-state index contributed by atoms with van der Waals surface area (Å²) in [6, 6.07) is 2.22. The van der Waals surface area contributed by atoms with Crippen LogP contribution in [0.15, 0.2) is 24.3 Å². The standard InChI is InChI=1S/C21H27FN2O8/c1-4-31-17(26)11-15(21(30)32-5-2)18(20(28)29)24-19(27)16(23-12(3)25)10-13-7-6-8-14(22)9-13/h6-9,15-16,18H,4-5,10-11H2,1-3H3,(H,23,25)(H,24,27)(H,28,29)/t15-,16+,18+/m0/s1. The Morgan fingerprint density at radius 1 is 1.06 bits per heavy atom. The van der Waals surface area contributed by atoms with Crippen molar-refractivity contribution in [3.05, 3.63) is 35.6 Å². The maximum Gasteiger partial charge on any atom is 0.327 e. The first-order valence-corrected chi connectivity index (χ1v) is 9.95. The van der Waals surface area contributed by atoms with Gasteiger partial charge >= 0.3 is 17.9 Å². The van der Waals surface area contributed by atoms with Gasteiger partial charge in [-0.1, -0.05) is 12.1 Å². The lowest BCUT2D eigenvalue weighted by molar-refractivity contribution is -0.160. The fourth-order valence-corrected chi connectivity index (χ4v) is 2.93. The zero-order valence-corrected chi connectivity index (χ0v) is 18.1. The number of benzene rings is 1. The Morgan fingerprint density at radius 3 is 2.25 bits per heavy atom. The molecule has 0 heterocycles. The highest BCUT2D eigenvalue weighted by molar-refractivity contribution is 5.93. The molecule has 0 saturated heterocycles. The molecule has 0 bridgehead atoms. The minimum absolute atomic E-state index is 0.0106. The molecular weight excluding hydrogens is 427 g/mol. The Balaban J connectivity index is 3.14. The van der Waals surface area contributed by atoms with Gasteiger partial charge in [-0.05, 0) is 31.5 Å². The fourth-order valence-electron chi connectivity index (χ4n) is 2.93. The normalized spacial score (nSPS) is 13.2. The molecule has 0 unspecified atom stereocenters. The molecule has 1 aromatic rings. The molecule has 0 saturated carbocycles. The van der Waals surface area contributed by atoms with E-state index in [9.17, 15) is 33.5 Å². The first kappa shape index (κ1) is 26.5. The summed E-state index contributed by atoms with van der Waals surface area (Å²) in [6.45, 7) is 4.13. The van der Waals surface area contributed by atoms with Crippen LogP contribution in [-0.4, -0.2) is 60.1 Å². The average Bonchev–Trinajstić information content (AvgIpc) is 2.69. The van der Waals surface area contributed by atoms with E-state index in [-0.39, 0.29) is 19.6 Å². The molecule has 2 amide bonds. The highest BCUT2D eigenvalue weighted by atomic mass is 19.1. The van der Waals surface area contributed by atoms with Crippen molar-refractivity contribution in [2.45, 2.75) is 45.7 Å². The third-order valence-corrected chi connectivity index (χ3v) is 4.27. The number of hydrogen-bond donors (Lipinski definition) is 3. The van der Waals surface area contributed by atoms with E-state index in [0.29, 0.717) is 5.56 Å². The van der Waals surface area contributed by atoms with Gasteiger partial charge in [0.25, 0.3) is 0 Å². The molecule has 1 aromatic carbocycles. The van der Waals surface area contributed by atoms with E-state index in [0.717, 1.165) is 6.92 Å². The van der Waals surface area contributed by atoms with E-state index in [1.165, 1.54) is 38.1 Å². The second-order valence-electron chi connectivity index (χ2n) is 6.78. The van der Waals surface area contributed by atoms with Crippen LogP contribution in [-0.2, 0) is 39.9 Å². The summed E-state index contributed by atoms with van der Waals surface area (Å²) < 4.78 is 23.1. The summed E-state index contributed by atoms with van der Waals surface area (Å²) in [6.07, 6.45) is -0.782. The summed E-state index contributed by atoms with van der Waals surface area (Å²) in [7, 11) is 0. The van der Waals surface area contributed by atoms with Crippen LogP contribution in [0.3, 0.4) is 0 Å². The Kier molecular flexibility index (Phi) is 10.8. The Hall–Kier alpha value is -3.50. The van der Waals surface area contributed by atoms with Crippen molar-refractivity contribution < 1.29 is 42.9 Å². The number of halogens is 1. The van der Waals surface area contributed by atoms with Gasteiger partial charge in [0.2, 0.25) is 11.8 Å². The van der Waals surface area contributed by atoms with Crippen molar-refractivity contribution >= 4 is 29.7 Å². The number of esters is 2. The van der Waals surface area contributed by atoms with Crippen LogP contribution in [0.2, 0.25) is 0 Å². The molecule has 0 aliphatic heterocycles. The highest BCUT2D eigenvalue weighted by Gasteiger charge is 2.39. The van der Waals surface area contributed by atoms with Crippen LogP contribution in [0, 0.1) is 11.7 Å². The van der Waals surface area contributed by atoms with Crippen molar-refractivity contribution in [3.8, 4) is 0 Å². The van der Waals surface area contributed by atoms with E-state index in [1.807, 2.05) is 0 Å². The molecule has 3 N–H and O–H groups in total. The number of amides is 2. The van der Waals surface area contributed by atoms with Crippen LogP contribution in [0.5, 0.6) is 0 Å². The summed E-state index contributed by atoms with van der Waals surface area (Å²) >= 11 is 0. The first-order valence-electron chi connectivity index (χ1n) is 9.95. The van der Waals surface area contributed by atoms with E-state index < -0.39 is 60.0 Å². The molecule has 0 spiro atoms. The van der Waals surface area contributed by atoms with E-state index >= 15 is 0 Å². The third kappa shape index (κ3) is 8.70. The minimum atomic E-state index is -1.84. The Bertz CT molecular complexity index is 845. The molecule has 32 heavy (non-hydrogen) atoms. The lowest BCUT2D eigenvalue weighted by Gasteiger charge is -2.25. The Morgan fingerprint density at radius 2 is 1.72 bits per heavy atom. The Labute approximate surface area is 184 Å². The second-order valence-corrected chi connectivity index (χ2v) is 6.78. The summed E-state index contributed by atoms with van der Waals surface area (Å²) in [5.41, 5.74) is 0.374. The predicted molar refractivity (Wildman–Crippen MR) is 109 cm³/mol. The van der Waals surface area contributed by atoms with Gasteiger partial charge in [-0.2, -0.15) is 0 Å². The van der Waals surface area contributed by atoms with E-state index in [2.05, 4.69) is 10.6 Å². The van der Waals surface area contributed by atoms with Crippen LogP contribution in [0.1, 0.15) is 32.8 Å². The number of carbonyl (C=O) groups is 5. The summed E-state index contributed by atoms with van der Waals surface area (Å²) in [4.78, 5) is 60.5. The number of aliphatic carboxylic acids is 1. The third-order valence-electron chi connectivity index (χ3n) is 4.27. The maximum atomic E-state index is 13.5. The number of ether oxygens (including phenoxy) is 2. The number of hydrogen-bond acceptors (Lipinski definition) is 7. The van der Waals surface area contributed by atoms with Gasteiger partial charge in [-0.25, -0.2) is 9.18 Å². The molecule has 176 valence electrons. The zero-order chi connectivity index (χ0) is 24.3.